The zero-order valence-electron chi connectivity index (χ0n) is 11.3. The molecule has 3 rings (SSSR count). The molecule has 0 bridgehead atoms. The predicted molar refractivity (Wildman–Crippen MR) is 82.7 cm³/mol. The number of hydrogen-bond donors (Lipinski definition) is 1. The summed E-state index contributed by atoms with van der Waals surface area (Å²) in [5.41, 5.74) is 1.42. The van der Waals surface area contributed by atoms with Crippen molar-refractivity contribution in [1.82, 2.24) is 5.32 Å². The first-order chi connectivity index (χ1) is 9.96. The Kier molecular flexibility index (Phi) is 3.96. The number of ether oxygens (including phenoxy) is 1. The summed E-state index contributed by atoms with van der Waals surface area (Å²) in [5, 5.41) is 2.77. The fraction of sp³-hybridized carbons (Fsp3) is 0.500. The fourth-order valence-corrected chi connectivity index (χ4v) is 5.59. The number of fused-ring (bicyclic) bond motifs is 1. The molecule has 2 unspecified atom stereocenters. The molecule has 1 aromatic rings. The third-order valence-electron chi connectivity index (χ3n) is 3.89. The van der Waals surface area contributed by atoms with E-state index >= 15 is 0 Å². The van der Waals surface area contributed by atoms with Gasteiger partial charge in [0, 0.05) is 4.83 Å². The van der Waals surface area contributed by atoms with Gasteiger partial charge in [0.25, 0.3) is 5.91 Å². The number of halogens is 1. The molecule has 2 aliphatic heterocycles. The molecule has 0 saturated carbocycles. The van der Waals surface area contributed by atoms with Gasteiger partial charge in [-0.05, 0) is 30.0 Å². The third-order valence-corrected chi connectivity index (χ3v) is 6.96. The highest BCUT2D eigenvalue weighted by molar-refractivity contribution is 9.09. The highest BCUT2D eigenvalue weighted by atomic mass is 79.9. The average Bonchev–Trinajstić information content (AvgIpc) is 2.72. The Bertz CT molecular complexity index is 674. The molecule has 1 N–H and O–H groups in total. The van der Waals surface area contributed by atoms with Crippen LogP contribution in [0.4, 0.5) is 0 Å². The Balaban J connectivity index is 1.88. The second kappa shape index (κ2) is 5.61. The standard InChI is InChI=1S/C14H16BrNO4S/c15-13(10-3-6-21(18,19)8-10)9-1-2-12-11(7-9)14(17)16-4-5-20-12/h1-2,7,10,13H,3-6,8H2,(H,16,17). The minimum Gasteiger partial charge on any atom is -0.491 e. The van der Waals surface area contributed by atoms with Crippen LogP contribution in [0, 0.1) is 5.92 Å². The van der Waals surface area contributed by atoms with Crippen LogP contribution in [0.2, 0.25) is 0 Å². The van der Waals surface area contributed by atoms with Crippen LogP contribution in [-0.4, -0.2) is 39.0 Å². The number of nitrogens with one attached hydrogen (secondary N) is 1. The minimum atomic E-state index is -2.92. The number of amides is 1. The van der Waals surface area contributed by atoms with Crippen LogP contribution in [0.25, 0.3) is 0 Å². The molecule has 1 aromatic carbocycles. The van der Waals surface area contributed by atoms with E-state index in [-0.39, 0.29) is 28.2 Å². The van der Waals surface area contributed by atoms with Crippen LogP contribution < -0.4 is 10.1 Å². The lowest BCUT2D eigenvalue weighted by molar-refractivity contribution is 0.0957. The second-order valence-corrected chi connectivity index (χ2v) is 8.64. The van der Waals surface area contributed by atoms with Crippen molar-refractivity contribution in [2.75, 3.05) is 24.7 Å². The lowest BCUT2D eigenvalue weighted by atomic mass is 9.97. The number of rotatable bonds is 2. The summed E-state index contributed by atoms with van der Waals surface area (Å²) in [5.74, 6) is 0.912. The zero-order chi connectivity index (χ0) is 15.0. The van der Waals surface area contributed by atoms with E-state index in [4.69, 9.17) is 4.74 Å². The maximum atomic E-state index is 12.0. The Morgan fingerprint density at radius 1 is 1.38 bits per heavy atom. The van der Waals surface area contributed by atoms with Crippen molar-refractivity contribution in [2.24, 2.45) is 5.92 Å². The quantitative estimate of drug-likeness (QED) is 0.800. The van der Waals surface area contributed by atoms with Crippen molar-refractivity contribution in [3.8, 4) is 5.75 Å². The first-order valence-electron chi connectivity index (χ1n) is 6.86. The smallest absolute Gasteiger partial charge is 0.255 e. The molecule has 114 valence electrons. The number of alkyl halides is 1. The summed E-state index contributed by atoms with van der Waals surface area (Å²) < 4.78 is 28.7. The van der Waals surface area contributed by atoms with Gasteiger partial charge in [-0.15, -0.1) is 0 Å². The van der Waals surface area contributed by atoms with E-state index in [1.165, 1.54) is 0 Å². The van der Waals surface area contributed by atoms with Gasteiger partial charge in [0.15, 0.2) is 9.84 Å². The number of carbonyl (C=O) groups is 1. The highest BCUT2D eigenvalue weighted by Crippen LogP contribution is 2.39. The number of carbonyl (C=O) groups excluding carboxylic acids is 1. The highest BCUT2D eigenvalue weighted by Gasteiger charge is 2.33. The van der Waals surface area contributed by atoms with E-state index in [2.05, 4.69) is 21.2 Å². The molecule has 0 spiro atoms. The molecule has 7 heteroatoms. The Morgan fingerprint density at radius 2 is 2.19 bits per heavy atom. The molecule has 0 radical (unpaired) electrons. The van der Waals surface area contributed by atoms with Gasteiger partial charge in [-0.25, -0.2) is 8.42 Å². The first kappa shape index (κ1) is 14.8. The monoisotopic (exact) mass is 373 g/mol. The van der Waals surface area contributed by atoms with Crippen molar-refractivity contribution in [2.45, 2.75) is 11.2 Å². The molecule has 2 atom stereocenters. The van der Waals surface area contributed by atoms with E-state index in [1.54, 1.807) is 12.1 Å². The van der Waals surface area contributed by atoms with Gasteiger partial charge >= 0.3 is 0 Å². The Labute approximate surface area is 132 Å². The van der Waals surface area contributed by atoms with E-state index in [9.17, 15) is 13.2 Å². The molecule has 1 saturated heterocycles. The zero-order valence-corrected chi connectivity index (χ0v) is 13.7. The van der Waals surface area contributed by atoms with Crippen molar-refractivity contribution in [3.63, 3.8) is 0 Å². The predicted octanol–water partition coefficient (Wildman–Crippen LogP) is 1.68. The molecule has 21 heavy (non-hydrogen) atoms. The van der Waals surface area contributed by atoms with Crippen LogP contribution in [0.15, 0.2) is 18.2 Å². The van der Waals surface area contributed by atoms with Crippen LogP contribution in [-0.2, 0) is 9.84 Å². The van der Waals surface area contributed by atoms with Crippen LogP contribution in [0.3, 0.4) is 0 Å². The molecule has 1 fully saturated rings. The summed E-state index contributed by atoms with van der Waals surface area (Å²) in [6.45, 7) is 0.943. The molecular formula is C14H16BrNO4S. The normalized spacial score (nSPS) is 25.4. The average molecular weight is 374 g/mol. The molecule has 2 aliphatic rings. The number of sulfone groups is 1. The van der Waals surface area contributed by atoms with E-state index in [0.717, 1.165) is 5.56 Å². The van der Waals surface area contributed by atoms with Crippen molar-refractivity contribution in [3.05, 3.63) is 29.3 Å². The summed E-state index contributed by atoms with van der Waals surface area (Å²) in [6, 6.07) is 5.47. The topological polar surface area (TPSA) is 72.5 Å². The molecule has 5 nitrogen and oxygen atoms in total. The first-order valence-corrected chi connectivity index (χ1v) is 9.59. The van der Waals surface area contributed by atoms with Crippen LogP contribution in [0.1, 0.15) is 27.2 Å². The molecule has 2 heterocycles. The second-order valence-electron chi connectivity index (χ2n) is 5.42. The summed E-state index contributed by atoms with van der Waals surface area (Å²) in [7, 11) is -2.92. The van der Waals surface area contributed by atoms with Gasteiger partial charge in [-0.1, -0.05) is 22.0 Å². The van der Waals surface area contributed by atoms with Crippen molar-refractivity contribution < 1.29 is 17.9 Å². The summed E-state index contributed by atoms with van der Waals surface area (Å²) >= 11 is 3.59. The number of hydrogen-bond acceptors (Lipinski definition) is 4. The van der Waals surface area contributed by atoms with E-state index in [0.29, 0.717) is 30.9 Å². The number of benzene rings is 1. The van der Waals surface area contributed by atoms with Gasteiger partial charge in [-0.2, -0.15) is 0 Å². The minimum absolute atomic E-state index is 0.0443. The van der Waals surface area contributed by atoms with E-state index in [1.807, 2.05) is 6.07 Å². The van der Waals surface area contributed by atoms with Crippen molar-refractivity contribution >= 4 is 31.7 Å². The van der Waals surface area contributed by atoms with Gasteiger partial charge in [-0.3, -0.25) is 4.79 Å². The summed E-state index contributed by atoms with van der Waals surface area (Å²) in [6.07, 6.45) is 0.651. The van der Waals surface area contributed by atoms with Gasteiger partial charge in [0.1, 0.15) is 12.4 Å². The van der Waals surface area contributed by atoms with Crippen LogP contribution in [0.5, 0.6) is 5.75 Å². The maximum absolute atomic E-state index is 12.0. The lowest BCUT2D eigenvalue weighted by Crippen LogP contribution is -2.24. The van der Waals surface area contributed by atoms with Gasteiger partial charge < -0.3 is 10.1 Å². The van der Waals surface area contributed by atoms with Gasteiger partial charge in [0.05, 0.1) is 23.6 Å². The van der Waals surface area contributed by atoms with E-state index < -0.39 is 9.84 Å². The SMILES string of the molecule is O=C1NCCOc2ccc(C(Br)C3CCS(=O)(=O)C3)cc21. The molecule has 1 amide bonds. The Hall–Kier alpha value is -1.08. The maximum Gasteiger partial charge on any atom is 0.255 e. The van der Waals surface area contributed by atoms with Crippen molar-refractivity contribution in [1.29, 1.82) is 0 Å². The molecule has 0 aromatic heterocycles. The molecular weight excluding hydrogens is 358 g/mol. The van der Waals surface area contributed by atoms with Crippen LogP contribution >= 0.6 is 15.9 Å². The van der Waals surface area contributed by atoms with Gasteiger partial charge in [0.2, 0.25) is 0 Å². The lowest BCUT2D eigenvalue weighted by Gasteiger charge is -2.17. The third kappa shape index (κ3) is 3.08. The molecule has 0 aliphatic carbocycles. The largest absolute Gasteiger partial charge is 0.491 e. The summed E-state index contributed by atoms with van der Waals surface area (Å²) in [4.78, 5) is 11.9. The Morgan fingerprint density at radius 3 is 2.90 bits per heavy atom. The fourth-order valence-electron chi connectivity index (χ4n) is 2.77.